The minimum Gasteiger partial charge on any atom is -0.481 e. The maximum atomic E-state index is 13.3. The number of nitrogens with zero attached hydrogens (tertiary/aromatic N) is 1. The molecule has 0 bridgehead atoms. The minimum absolute atomic E-state index is 0.000258. The summed E-state index contributed by atoms with van der Waals surface area (Å²) in [6.45, 7) is 10.1. The fraction of sp³-hybridized carbons (Fsp3) is 0.867. The maximum absolute atomic E-state index is 13.3. The van der Waals surface area contributed by atoms with Gasteiger partial charge in [-0.25, -0.2) is 0 Å². The number of carboxylic acids is 4. The summed E-state index contributed by atoms with van der Waals surface area (Å²) < 4.78 is 0. The Hall–Kier alpha value is -2.16. The van der Waals surface area contributed by atoms with Gasteiger partial charge >= 0.3 is 23.9 Å². The molecule has 3 unspecified atom stereocenters. The minimum atomic E-state index is -1.92. The summed E-state index contributed by atoms with van der Waals surface area (Å²) in [5.41, 5.74) is -2.86. The Labute approximate surface area is 234 Å². The number of piperidine rings is 1. The highest BCUT2D eigenvalue weighted by Crippen LogP contribution is 2.55. The Morgan fingerprint density at radius 1 is 0.769 bits per heavy atom. The van der Waals surface area contributed by atoms with Crippen LogP contribution in [-0.2, 0) is 19.2 Å². The number of rotatable bonds is 19. The molecule has 0 aliphatic carbocycles. The highest BCUT2D eigenvalue weighted by molar-refractivity contribution is 5.89. The lowest BCUT2D eigenvalue weighted by atomic mass is 9.54. The molecule has 1 aliphatic heterocycles. The first-order chi connectivity index (χ1) is 18.0. The van der Waals surface area contributed by atoms with Gasteiger partial charge in [0.1, 0.15) is 0 Å². The Morgan fingerprint density at radius 3 is 1.56 bits per heavy atom. The quantitative estimate of drug-likeness (QED) is 0.138. The second kappa shape index (κ2) is 15.0. The lowest BCUT2D eigenvalue weighted by Crippen LogP contribution is -2.63. The van der Waals surface area contributed by atoms with Gasteiger partial charge in [-0.3, -0.25) is 24.1 Å². The molecule has 0 aromatic heterocycles. The van der Waals surface area contributed by atoms with Crippen LogP contribution < -0.4 is 0 Å². The third kappa shape index (κ3) is 9.19. The third-order valence-corrected chi connectivity index (χ3v) is 9.31. The van der Waals surface area contributed by atoms with Crippen molar-refractivity contribution in [1.29, 1.82) is 0 Å². The summed E-state index contributed by atoms with van der Waals surface area (Å²) >= 11 is 0. The molecule has 0 amide bonds. The zero-order valence-electron chi connectivity index (χ0n) is 25.0. The predicted octanol–water partition coefficient (Wildman–Crippen LogP) is 6.14. The van der Waals surface area contributed by atoms with Crippen LogP contribution in [0.25, 0.3) is 0 Å². The molecule has 0 saturated carbocycles. The second-order valence-electron chi connectivity index (χ2n) is 12.9. The average Bonchev–Trinajstić information content (AvgIpc) is 2.80. The van der Waals surface area contributed by atoms with Crippen LogP contribution in [0.3, 0.4) is 0 Å². The number of carbonyl (C=O) groups is 4. The molecular formula is C30H53NO8. The van der Waals surface area contributed by atoms with Crippen LogP contribution >= 0.6 is 0 Å². The van der Waals surface area contributed by atoms with Gasteiger partial charge < -0.3 is 20.4 Å². The fourth-order valence-electron chi connectivity index (χ4n) is 6.96. The van der Waals surface area contributed by atoms with Crippen LogP contribution in [0.5, 0.6) is 0 Å². The van der Waals surface area contributed by atoms with E-state index in [0.29, 0.717) is 25.7 Å². The third-order valence-electron chi connectivity index (χ3n) is 9.31. The van der Waals surface area contributed by atoms with Crippen LogP contribution in [0.4, 0.5) is 0 Å². The molecule has 4 N–H and O–H groups in total. The van der Waals surface area contributed by atoms with Gasteiger partial charge in [-0.1, -0.05) is 71.1 Å². The average molecular weight is 556 g/mol. The molecule has 9 nitrogen and oxygen atoms in total. The van der Waals surface area contributed by atoms with Crippen molar-refractivity contribution < 1.29 is 39.6 Å². The van der Waals surface area contributed by atoms with Gasteiger partial charge in [-0.05, 0) is 59.9 Å². The van der Waals surface area contributed by atoms with Gasteiger partial charge in [-0.15, -0.1) is 0 Å². The van der Waals surface area contributed by atoms with Crippen LogP contribution in [0.15, 0.2) is 0 Å². The first-order valence-corrected chi connectivity index (χ1v) is 14.7. The Kier molecular flexibility index (Phi) is 13.4. The Balaban J connectivity index is 3.36. The maximum Gasteiger partial charge on any atom is 0.310 e. The topological polar surface area (TPSA) is 152 Å². The summed E-state index contributed by atoms with van der Waals surface area (Å²) in [5.74, 6) is -10.3. The van der Waals surface area contributed by atoms with Gasteiger partial charge in [0.05, 0.1) is 23.7 Å². The molecule has 0 aromatic carbocycles. The molecule has 1 fully saturated rings. The Bertz CT molecular complexity index is 821. The van der Waals surface area contributed by atoms with Crippen LogP contribution in [-0.4, -0.2) is 67.3 Å². The number of hydrogen-bond acceptors (Lipinski definition) is 5. The number of likely N-dealkylation sites (tertiary alicyclic amines) is 1. The van der Waals surface area contributed by atoms with Gasteiger partial charge in [-0.2, -0.15) is 0 Å². The van der Waals surface area contributed by atoms with Crippen LogP contribution in [0, 0.1) is 23.2 Å². The van der Waals surface area contributed by atoms with E-state index in [1.807, 2.05) is 34.7 Å². The van der Waals surface area contributed by atoms with Crippen molar-refractivity contribution in [3.8, 4) is 0 Å². The van der Waals surface area contributed by atoms with E-state index in [-0.39, 0.29) is 6.42 Å². The molecule has 39 heavy (non-hydrogen) atoms. The van der Waals surface area contributed by atoms with E-state index >= 15 is 0 Å². The van der Waals surface area contributed by atoms with Crippen molar-refractivity contribution in [2.75, 3.05) is 7.05 Å². The van der Waals surface area contributed by atoms with E-state index in [2.05, 4.69) is 11.8 Å². The molecule has 9 heteroatoms. The largest absolute Gasteiger partial charge is 0.481 e. The standard InChI is InChI=1S/C30H53NO8/c1-7-8-9-10-11-12-13-14-15-16-17-30(27(38)39,21-19-28(2,3)31(6)29(4,5)20-21)24(26(36)37)22(25(34)35)18-23(32)33/h21-22,24H,7-20H2,1-6H3,(H,32,33)(H,34,35)(H,36,37)(H,38,39). The molecule has 1 rings (SSSR count). The molecule has 1 aliphatic rings. The van der Waals surface area contributed by atoms with Gasteiger partial charge in [0.25, 0.3) is 0 Å². The van der Waals surface area contributed by atoms with Crippen molar-refractivity contribution in [2.24, 2.45) is 23.2 Å². The number of carboxylic acid groups (broad SMARTS) is 4. The van der Waals surface area contributed by atoms with E-state index in [1.54, 1.807) is 0 Å². The molecule has 1 saturated heterocycles. The summed E-state index contributed by atoms with van der Waals surface area (Å²) in [5, 5.41) is 40.5. The molecule has 0 radical (unpaired) electrons. The van der Waals surface area contributed by atoms with Crippen LogP contribution in [0.2, 0.25) is 0 Å². The zero-order valence-corrected chi connectivity index (χ0v) is 25.0. The van der Waals surface area contributed by atoms with Crippen molar-refractivity contribution in [2.45, 2.75) is 136 Å². The van der Waals surface area contributed by atoms with E-state index in [4.69, 9.17) is 0 Å². The van der Waals surface area contributed by atoms with Crippen molar-refractivity contribution >= 4 is 23.9 Å². The smallest absolute Gasteiger partial charge is 0.310 e. The monoisotopic (exact) mass is 555 g/mol. The predicted molar refractivity (Wildman–Crippen MR) is 150 cm³/mol. The fourth-order valence-corrected chi connectivity index (χ4v) is 6.96. The van der Waals surface area contributed by atoms with Crippen molar-refractivity contribution in [1.82, 2.24) is 4.90 Å². The van der Waals surface area contributed by atoms with Gasteiger partial charge in [0.15, 0.2) is 0 Å². The molecule has 3 atom stereocenters. The van der Waals surface area contributed by atoms with E-state index in [1.165, 1.54) is 25.7 Å². The number of unbranched alkanes of at least 4 members (excludes halogenated alkanes) is 9. The first-order valence-electron chi connectivity index (χ1n) is 14.7. The summed E-state index contributed by atoms with van der Waals surface area (Å²) in [4.78, 5) is 52.0. The SMILES string of the molecule is CCCCCCCCCCCCC(C(=O)O)(C1CC(C)(C)N(C)C(C)(C)C1)C(C(=O)O)C(CC(=O)O)C(=O)O. The van der Waals surface area contributed by atoms with Crippen LogP contribution in [0.1, 0.15) is 125 Å². The number of aliphatic carboxylic acids is 4. The lowest BCUT2D eigenvalue weighted by Gasteiger charge is -2.58. The van der Waals surface area contributed by atoms with Gasteiger partial charge in [0.2, 0.25) is 0 Å². The molecular weight excluding hydrogens is 502 g/mol. The number of hydrogen-bond donors (Lipinski definition) is 4. The molecule has 226 valence electrons. The summed E-state index contributed by atoms with van der Waals surface area (Å²) in [7, 11) is 1.96. The van der Waals surface area contributed by atoms with Crippen molar-refractivity contribution in [3.63, 3.8) is 0 Å². The molecule has 1 heterocycles. The highest BCUT2D eigenvalue weighted by Gasteiger charge is 2.62. The normalized spacial score (nSPS) is 20.6. The Morgan fingerprint density at radius 2 is 1.21 bits per heavy atom. The summed E-state index contributed by atoms with van der Waals surface area (Å²) in [6.07, 6.45) is 9.98. The van der Waals surface area contributed by atoms with Gasteiger partial charge in [0, 0.05) is 11.1 Å². The highest BCUT2D eigenvalue weighted by atomic mass is 16.4. The van der Waals surface area contributed by atoms with E-state index in [0.717, 1.165) is 25.7 Å². The first kappa shape index (κ1) is 34.9. The van der Waals surface area contributed by atoms with E-state index < -0.39 is 64.5 Å². The lowest BCUT2D eigenvalue weighted by molar-refractivity contribution is -0.184. The second-order valence-corrected chi connectivity index (χ2v) is 12.9. The summed E-state index contributed by atoms with van der Waals surface area (Å²) in [6, 6.07) is 0. The zero-order chi connectivity index (χ0) is 30.0. The van der Waals surface area contributed by atoms with E-state index in [9.17, 15) is 39.6 Å². The van der Waals surface area contributed by atoms with Crippen molar-refractivity contribution in [3.05, 3.63) is 0 Å². The molecule has 0 aromatic rings. The molecule has 0 spiro atoms.